The average molecular weight is 254 g/mol. The lowest BCUT2D eigenvalue weighted by Crippen LogP contribution is -2.09. The van der Waals surface area contributed by atoms with Crippen molar-refractivity contribution in [2.24, 2.45) is 5.73 Å². The first kappa shape index (κ1) is 9.68. The fraction of sp³-hybridized carbons (Fsp3) is 0.300. The summed E-state index contributed by atoms with van der Waals surface area (Å²) < 4.78 is 2.88. The predicted octanol–water partition coefficient (Wildman–Crippen LogP) is 2.16. The molecule has 4 heteroatoms. The molecule has 0 aliphatic heterocycles. The van der Waals surface area contributed by atoms with Crippen molar-refractivity contribution in [3.63, 3.8) is 0 Å². The van der Waals surface area contributed by atoms with Crippen LogP contribution in [0.3, 0.4) is 0 Å². The average Bonchev–Trinajstić information content (AvgIpc) is 2.59. The van der Waals surface area contributed by atoms with Crippen molar-refractivity contribution in [3.05, 3.63) is 34.8 Å². The van der Waals surface area contributed by atoms with E-state index in [1.54, 1.807) is 6.33 Å². The zero-order valence-corrected chi connectivity index (χ0v) is 9.53. The number of nitrogens with two attached hydrogens (primary N) is 1. The fourth-order valence-corrected chi connectivity index (χ4v) is 1.84. The molecule has 2 aromatic heterocycles. The number of hydrogen-bond donors (Lipinski definition) is 1. The molecule has 0 saturated heterocycles. The molecule has 2 heterocycles. The molecule has 1 atom stereocenters. The highest BCUT2D eigenvalue weighted by Crippen LogP contribution is 2.19. The Morgan fingerprint density at radius 3 is 3.07 bits per heavy atom. The maximum absolute atomic E-state index is 5.62. The Hall–Kier alpha value is -0.870. The van der Waals surface area contributed by atoms with Crippen molar-refractivity contribution in [1.29, 1.82) is 0 Å². The number of pyridine rings is 1. The monoisotopic (exact) mass is 253 g/mol. The molecule has 1 unspecified atom stereocenters. The Morgan fingerprint density at radius 2 is 2.36 bits per heavy atom. The maximum atomic E-state index is 5.62. The minimum Gasteiger partial charge on any atom is -0.330 e. The van der Waals surface area contributed by atoms with E-state index in [1.807, 2.05) is 4.40 Å². The van der Waals surface area contributed by atoms with Gasteiger partial charge in [0.2, 0.25) is 0 Å². The molecule has 3 nitrogen and oxygen atoms in total. The normalized spacial score (nSPS) is 13.4. The van der Waals surface area contributed by atoms with Crippen LogP contribution in [0.4, 0.5) is 0 Å². The van der Waals surface area contributed by atoms with E-state index < -0.39 is 0 Å². The van der Waals surface area contributed by atoms with E-state index in [0.29, 0.717) is 12.5 Å². The van der Waals surface area contributed by atoms with Crippen LogP contribution >= 0.6 is 15.9 Å². The van der Waals surface area contributed by atoms with Crippen LogP contribution in [0.15, 0.2) is 29.3 Å². The van der Waals surface area contributed by atoms with Gasteiger partial charge in [-0.3, -0.25) is 0 Å². The zero-order valence-electron chi connectivity index (χ0n) is 7.94. The quantitative estimate of drug-likeness (QED) is 0.892. The Labute approximate surface area is 91.1 Å². The van der Waals surface area contributed by atoms with Crippen LogP contribution < -0.4 is 5.73 Å². The minimum absolute atomic E-state index is 0.389. The largest absolute Gasteiger partial charge is 0.330 e. The third kappa shape index (κ3) is 1.55. The first-order valence-corrected chi connectivity index (χ1v) is 5.34. The summed E-state index contributed by atoms with van der Waals surface area (Å²) in [7, 11) is 0. The molecule has 2 N–H and O–H groups in total. The van der Waals surface area contributed by atoms with E-state index in [-0.39, 0.29) is 0 Å². The van der Waals surface area contributed by atoms with Gasteiger partial charge in [0.25, 0.3) is 0 Å². The Balaban J connectivity index is 2.52. The molecule has 0 saturated carbocycles. The summed E-state index contributed by atoms with van der Waals surface area (Å²) in [6.07, 6.45) is 3.87. The summed E-state index contributed by atoms with van der Waals surface area (Å²) >= 11 is 3.39. The molecule has 14 heavy (non-hydrogen) atoms. The number of hydrogen-bond acceptors (Lipinski definition) is 2. The van der Waals surface area contributed by atoms with Crippen molar-refractivity contribution in [2.75, 3.05) is 6.54 Å². The van der Waals surface area contributed by atoms with Crippen molar-refractivity contribution >= 4 is 21.4 Å². The third-order valence-corrected chi connectivity index (χ3v) is 3.04. The smallest absolute Gasteiger partial charge is 0.131 e. The maximum Gasteiger partial charge on any atom is 0.131 e. The first-order chi connectivity index (χ1) is 6.72. The number of halogens is 1. The molecule has 0 aliphatic rings. The summed E-state index contributed by atoms with van der Waals surface area (Å²) in [6.45, 7) is 2.79. The number of nitrogens with zero attached hydrogens (tertiary/aromatic N) is 2. The Kier molecular flexibility index (Phi) is 2.56. The van der Waals surface area contributed by atoms with Crippen LogP contribution in [-0.2, 0) is 0 Å². The van der Waals surface area contributed by atoms with Crippen LogP contribution in [0.25, 0.3) is 5.52 Å². The van der Waals surface area contributed by atoms with Gasteiger partial charge in [0.15, 0.2) is 0 Å². The van der Waals surface area contributed by atoms with E-state index in [0.717, 1.165) is 10.1 Å². The predicted molar refractivity (Wildman–Crippen MR) is 60.4 cm³/mol. The zero-order chi connectivity index (χ0) is 10.1. The van der Waals surface area contributed by atoms with Crippen molar-refractivity contribution in [2.45, 2.75) is 12.8 Å². The van der Waals surface area contributed by atoms with Gasteiger partial charge in [0.05, 0.1) is 5.52 Å². The number of rotatable bonds is 2. The van der Waals surface area contributed by atoms with E-state index in [4.69, 9.17) is 5.73 Å². The van der Waals surface area contributed by atoms with Crippen molar-refractivity contribution in [1.82, 2.24) is 9.38 Å². The summed E-state index contributed by atoms with van der Waals surface area (Å²) in [5.41, 5.74) is 7.94. The summed E-state index contributed by atoms with van der Waals surface area (Å²) in [4.78, 5) is 4.17. The first-order valence-electron chi connectivity index (χ1n) is 4.54. The SMILES string of the molecule is CC(CN)c1ccc2c(Br)ncn2c1. The third-order valence-electron chi connectivity index (χ3n) is 2.43. The molecule has 0 radical (unpaired) electrons. The second kappa shape index (κ2) is 3.71. The van der Waals surface area contributed by atoms with Gasteiger partial charge in [-0.25, -0.2) is 4.98 Å². The van der Waals surface area contributed by atoms with Crippen LogP contribution in [-0.4, -0.2) is 15.9 Å². The molecule has 0 aliphatic carbocycles. The number of imidazole rings is 1. The Morgan fingerprint density at radius 1 is 1.57 bits per heavy atom. The van der Waals surface area contributed by atoms with Gasteiger partial charge in [-0.1, -0.05) is 13.0 Å². The minimum atomic E-state index is 0.389. The van der Waals surface area contributed by atoms with E-state index in [9.17, 15) is 0 Å². The molecule has 0 amide bonds. The Bertz CT molecular complexity index is 450. The molecule has 74 valence electrons. The van der Waals surface area contributed by atoms with Crippen LogP contribution in [0.1, 0.15) is 18.4 Å². The van der Waals surface area contributed by atoms with Gasteiger partial charge < -0.3 is 10.1 Å². The molecule has 0 aromatic carbocycles. The van der Waals surface area contributed by atoms with Gasteiger partial charge in [-0.15, -0.1) is 0 Å². The topological polar surface area (TPSA) is 43.3 Å². The van der Waals surface area contributed by atoms with E-state index >= 15 is 0 Å². The van der Waals surface area contributed by atoms with Gasteiger partial charge in [0, 0.05) is 6.20 Å². The highest BCUT2D eigenvalue weighted by atomic mass is 79.9. The lowest BCUT2D eigenvalue weighted by Gasteiger charge is -2.08. The molecule has 0 spiro atoms. The van der Waals surface area contributed by atoms with Gasteiger partial charge in [0.1, 0.15) is 10.9 Å². The van der Waals surface area contributed by atoms with Crippen molar-refractivity contribution in [3.8, 4) is 0 Å². The molecular formula is C10H12BrN3. The summed E-state index contributed by atoms with van der Waals surface area (Å²) in [6, 6.07) is 4.15. The second-order valence-electron chi connectivity index (χ2n) is 3.43. The van der Waals surface area contributed by atoms with Crippen LogP contribution in [0.5, 0.6) is 0 Å². The standard InChI is InChI=1S/C10H12BrN3/c1-7(4-12)8-2-3-9-10(11)13-6-14(9)5-8/h2-3,5-7H,4,12H2,1H3. The summed E-state index contributed by atoms with van der Waals surface area (Å²) in [5, 5.41) is 0. The molecular weight excluding hydrogens is 242 g/mol. The fourth-order valence-electron chi connectivity index (χ4n) is 1.41. The van der Waals surface area contributed by atoms with Gasteiger partial charge in [-0.2, -0.15) is 0 Å². The van der Waals surface area contributed by atoms with Crippen LogP contribution in [0.2, 0.25) is 0 Å². The number of aromatic nitrogens is 2. The van der Waals surface area contributed by atoms with Crippen LogP contribution in [0, 0.1) is 0 Å². The van der Waals surface area contributed by atoms with Gasteiger partial charge in [-0.05, 0) is 40.0 Å². The molecule has 0 fully saturated rings. The second-order valence-corrected chi connectivity index (χ2v) is 4.18. The lowest BCUT2D eigenvalue weighted by molar-refractivity contribution is 0.767. The number of fused-ring (bicyclic) bond motifs is 1. The molecule has 2 aromatic rings. The molecule has 2 rings (SSSR count). The lowest BCUT2D eigenvalue weighted by atomic mass is 10.0. The van der Waals surface area contributed by atoms with E-state index in [1.165, 1.54) is 5.56 Å². The van der Waals surface area contributed by atoms with E-state index in [2.05, 4.69) is 46.2 Å². The highest BCUT2D eigenvalue weighted by molar-refractivity contribution is 9.10. The molecule has 0 bridgehead atoms. The van der Waals surface area contributed by atoms with Gasteiger partial charge >= 0.3 is 0 Å². The van der Waals surface area contributed by atoms with Crippen molar-refractivity contribution < 1.29 is 0 Å². The summed E-state index contributed by atoms with van der Waals surface area (Å²) in [5.74, 6) is 0.389. The highest BCUT2D eigenvalue weighted by Gasteiger charge is 2.05.